The highest BCUT2D eigenvalue weighted by molar-refractivity contribution is 4.99. The van der Waals surface area contributed by atoms with Crippen LogP contribution in [0.2, 0.25) is 0 Å². The second-order valence-electron chi connectivity index (χ2n) is 5.56. The Hall–Kier alpha value is -0.960. The van der Waals surface area contributed by atoms with Crippen molar-refractivity contribution in [1.29, 1.82) is 0 Å². The Morgan fingerprint density at radius 3 is 2.88 bits per heavy atom. The molecule has 2 aliphatic rings. The maximum absolute atomic E-state index is 4.12. The van der Waals surface area contributed by atoms with Gasteiger partial charge in [0, 0.05) is 18.8 Å². The van der Waals surface area contributed by atoms with Gasteiger partial charge in [-0.15, -0.1) is 0 Å². The summed E-state index contributed by atoms with van der Waals surface area (Å²) in [6.45, 7) is 0.871. The normalized spacial score (nSPS) is 29.2. The number of nitrogens with zero attached hydrogens (tertiary/aromatic N) is 2. The minimum absolute atomic E-state index is 0.705. The van der Waals surface area contributed by atoms with Gasteiger partial charge in [0.25, 0.3) is 0 Å². The Labute approximate surface area is 103 Å². The summed E-state index contributed by atoms with van der Waals surface area (Å²) in [5, 5.41) is 11.7. The van der Waals surface area contributed by atoms with Gasteiger partial charge in [-0.1, -0.05) is 12.8 Å². The van der Waals surface area contributed by atoms with Gasteiger partial charge in [0.1, 0.15) is 0 Å². The first-order valence-corrected chi connectivity index (χ1v) is 6.92. The van der Waals surface area contributed by atoms with E-state index in [1.54, 1.807) is 6.20 Å². The Morgan fingerprint density at radius 2 is 2.12 bits per heavy atom. The van der Waals surface area contributed by atoms with E-state index >= 15 is 0 Å². The first-order chi connectivity index (χ1) is 8.42. The van der Waals surface area contributed by atoms with Gasteiger partial charge in [0.05, 0.1) is 5.69 Å². The molecule has 3 heteroatoms. The van der Waals surface area contributed by atoms with Crippen molar-refractivity contribution in [1.82, 2.24) is 15.5 Å². The van der Waals surface area contributed by atoms with Crippen molar-refractivity contribution in [2.75, 3.05) is 0 Å². The van der Waals surface area contributed by atoms with Crippen LogP contribution in [-0.4, -0.2) is 16.2 Å². The van der Waals surface area contributed by atoms with Crippen molar-refractivity contribution in [3.05, 3.63) is 24.0 Å². The van der Waals surface area contributed by atoms with Gasteiger partial charge < -0.3 is 5.32 Å². The summed E-state index contributed by atoms with van der Waals surface area (Å²) in [7, 11) is 0. The molecule has 0 aromatic carbocycles. The molecule has 17 heavy (non-hydrogen) atoms. The van der Waals surface area contributed by atoms with Crippen LogP contribution < -0.4 is 5.32 Å². The lowest BCUT2D eigenvalue weighted by Crippen LogP contribution is -2.34. The van der Waals surface area contributed by atoms with Crippen LogP contribution in [0.25, 0.3) is 0 Å². The molecule has 1 heterocycles. The summed E-state index contributed by atoms with van der Waals surface area (Å²) in [5.41, 5.74) is 1.06. The zero-order valence-electron chi connectivity index (χ0n) is 10.3. The summed E-state index contributed by atoms with van der Waals surface area (Å²) in [6, 6.07) is 4.70. The standard InChI is InChI=1S/C14H21N3/c1-3-12(11-6-7-11)9-13(4-1)15-10-14-5-2-8-16-17-14/h2,5,8,11-13,15H,1,3-4,6-7,9-10H2. The van der Waals surface area contributed by atoms with Crippen molar-refractivity contribution in [2.45, 2.75) is 51.1 Å². The van der Waals surface area contributed by atoms with Crippen molar-refractivity contribution in [3.63, 3.8) is 0 Å². The number of nitrogens with one attached hydrogen (secondary N) is 1. The van der Waals surface area contributed by atoms with Crippen LogP contribution in [0.3, 0.4) is 0 Å². The number of hydrogen-bond acceptors (Lipinski definition) is 3. The molecule has 0 bridgehead atoms. The Bertz CT molecular complexity index is 348. The van der Waals surface area contributed by atoms with E-state index in [0.29, 0.717) is 6.04 Å². The van der Waals surface area contributed by atoms with E-state index in [-0.39, 0.29) is 0 Å². The van der Waals surface area contributed by atoms with E-state index in [4.69, 9.17) is 0 Å². The van der Waals surface area contributed by atoms with Crippen LogP contribution in [0.1, 0.15) is 44.2 Å². The molecule has 0 saturated heterocycles. The Kier molecular flexibility index (Phi) is 3.36. The van der Waals surface area contributed by atoms with Crippen molar-refractivity contribution in [3.8, 4) is 0 Å². The van der Waals surface area contributed by atoms with Gasteiger partial charge in [-0.25, -0.2) is 0 Å². The van der Waals surface area contributed by atoms with Crippen LogP contribution in [0.5, 0.6) is 0 Å². The average molecular weight is 231 g/mol. The second-order valence-corrected chi connectivity index (χ2v) is 5.56. The van der Waals surface area contributed by atoms with E-state index in [1.807, 2.05) is 12.1 Å². The molecule has 2 fully saturated rings. The van der Waals surface area contributed by atoms with Crippen LogP contribution in [-0.2, 0) is 6.54 Å². The minimum Gasteiger partial charge on any atom is -0.308 e. The highest BCUT2D eigenvalue weighted by Gasteiger charge is 2.34. The molecule has 0 spiro atoms. The van der Waals surface area contributed by atoms with E-state index in [1.165, 1.54) is 38.5 Å². The third-order valence-electron chi connectivity index (χ3n) is 4.20. The fraction of sp³-hybridized carbons (Fsp3) is 0.714. The molecule has 92 valence electrons. The van der Waals surface area contributed by atoms with E-state index in [9.17, 15) is 0 Å². The molecule has 1 N–H and O–H groups in total. The Balaban J connectivity index is 1.48. The van der Waals surface area contributed by atoms with Crippen LogP contribution in [0, 0.1) is 11.8 Å². The number of aromatic nitrogens is 2. The number of rotatable bonds is 4. The highest BCUT2D eigenvalue weighted by Crippen LogP contribution is 2.43. The molecule has 3 nitrogen and oxygen atoms in total. The van der Waals surface area contributed by atoms with Gasteiger partial charge >= 0.3 is 0 Å². The quantitative estimate of drug-likeness (QED) is 0.865. The summed E-state index contributed by atoms with van der Waals surface area (Å²) in [4.78, 5) is 0. The summed E-state index contributed by atoms with van der Waals surface area (Å²) >= 11 is 0. The SMILES string of the molecule is c1cnnc(CNC2CCCC(C3CC3)C2)c1. The molecular formula is C14H21N3. The zero-order chi connectivity index (χ0) is 11.5. The summed E-state index contributed by atoms with van der Waals surface area (Å²) in [5.74, 6) is 2.07. The third kappa shape index (κ3) is 3.03. The first kappa shape index (κ1) is 11.1. The molecule has 2 atom stereocenters. The predicted octanol–water partition coefficient (Wildman–Crippen LogP) is 2.54. The lowest BCUT2D eigenvalue weighted by molar-refractivity contribution is 0.259. The monoisotopic (exact) mass is 231 g/mol. The molecule has 2 saturated carbocycles. The van der Waals surface area contributed by atoms with Crippen LogP contribution >= 0.6 is 0 Å². The van der Waals surface area contributed by atoms with Gasteiger partial charge in [-0.2, -0.15) is 10.2 Å². The third-order valence-corrected chi connectivity index (χ3v) is 4.20. The van der Waals surface area contributed by atoms with Crippen molar-refractivity contribution < 1.29 is 0 Å². The molecule has 0 amide bonds. The van der Waals surface area contributed by atoms with E-state index in [2.05, 4.69) is 15.5 Å². The van der Waals surface area contributed by atoms with Crippen molar-refractivity contribution >= 4 is 0 Å². The van der Waals surface area contributed by atoms with Gasteiger partial charge in [0.2, 0.25) is 0 Å². The molecule has 1 aromatic heterocycles. The van der Waals surface area contributed by atoms with Gasteiger partial charge in [-0.3, -0.25) is 0 Å². The smallest absolute Gasteiger partial charge is 0.0769 e. The molecule has 3 rings (SSSR count). The van der Waals surface area contributed by atoms with Crippen molar-refractivity contribution in [2.24, 2.45) is 11.8 Å². The fourth-order valence-electron chi connectivity index (χ4n) is 3.09. The number of hydrogen-bond donors (Lipinski definition) is 1. The topological polar surface area (TPSA) is 37.8 Å². The first-order valence-electron chi connectivity index (χ1n) is 6.92. The molecular weight excluding hydrogens is 210 g/mol. The molecule has 0 aliphatic heterocycles. The lowest BCUT2D eigenvalue weighted by Gasteiger charge is -2.29. The maximum Gasteiger partial charge on any atom is 0.0769 e. The molecule has 1 aromatic rings. The van der Waals surface area contributed by atoms with Crippen LogP contribution in [0.4, 0.5) is 0 Å². The maximum atomic E-state index is 4.12. The predicted molar refractivity (Wildman–Crippen MR) is 67.3 cm³/mol. The summed E-state index contributed by atoms with van der Waals surface area (Å²) < 4.78 is 0. The Morgan fingerprint density at radius 1 is 1.18 bits per heavy atom. The van der Waals surface area contributed by atoms with Gasteiger partial charge in [-0.05, 0) is 49.7 Å². The summed E-state index contributed by atoms with van der Waals surface area (Å²) in [6.07, 6.45) is 10.3. The van der Waals surface area contributed by atoms with Gasteiger partial charge in [0.15, 0.2) is 0 Å². The average Bonchev–Trinajstić information content (AvgIpc) is 3.22. The second kappa shape index (κ2) is 5.13. The van der Waals surface area contributed by atoms with E-state index in [0.717, 1.165) is 24.1 Å². The van der Waals surface area contributed by atoms with Crippen LogP contribution in [0.15, 0.2) is 18.3 Å². The highest BCUT2D eigenvalue weighted by atomic mass is 15.1. The van der Waals surface area contributed by atoms with E-state index < -0.39 is 0 Å². The molecule has 2 unspecified atom stereocenters. The minimum atomic E-state index is 0.705. The largest absolute Gasteiger partial charge is 0.308 e. The molecule has 0 radical (unpaired) electrons. The lowest BCUT2D eigenvalue weighted by atomic mass is 9.83. The molecule has 2 aliphatic carbocycles. The fourth-order valence-corrected chi connectivity index (χ4v) is 3.09. The zero-order valence-corrected chi connectivity index (χ0v) is 10.3.